The summed E-state index contributed by atoms with van der Waals surface area (Å²) in [4.78, 5) is 24.7. The highest BCUT2D eigenvalue weighted by Crippen LogP contribution is 2.24. The van der Waals surface area contributed by atoms with E-state index in [1.165, 1.54) is 19.2 Å². The van der Waals surface area contributed by atoms with Crippen molar-refractivity contribution in [3.63, 3.8) is 0 Å². The fraction of sp³-hybridized carbons (Fsp3) is 0.200. The van der Waals surface area contributed by atoms with Crippen LogP contribution in [0.15, 0.2) is 52.9 Å². The normalized spacial score (nSPS) is 11.1. The molecule has 0 bridgehead atoms. The molecule has 10 nitrogen and oxygen atoms in total. The summed E-state index contributed by atoms with van der Waals surface area (Å²) in [5.74, 6) is -0.889. The van der Waals surface area contributed by atoms with E-state index in [1.807, 2.05) is 6.92 Å². The number of aromatic nitrogens is 2. The van der Waals surface area contributed by atoms with E-state index in [1.54, 1.807) is 36.4 Å². The van der Waals surface area contributed by atoms with Crippen molar-refractivity contribution in [2.45, 2.75) is 11.3 Å². The number of carbonyl (C=O) groups is 2. The summed E-state index contributed by atoms with van der Waals surface area (Å²) in [6, 6.07) is 13.1. The van der Waals surface area contributed by atoms with Gasteiger partial charge in [0.1, 0.15) is 0 Å². The summed E-state index contributed by atoms with van der Waals surface area (Å²) in [5.41, 5.74) is 1.64. The Bertz CT molecular complexity index is 1210. The molecule has 3 aromatic rings. The van der Waals surface area contributed by atoms with Gasteiger partial charge in [0.25, 0.3) is 26.2 Å². The summed E-state index contributed by atoms with van der Waals surface area (Å²) in [7, 11) is -2.63. The molecule has 0 spiro atoms. The Morgan fingerprint density at radius 2 is 1.75 bits per heavy atom. The number of anilines is 2. The van der Waals surface area contributed by atoms with E-state index in [0.29, 0.717) is 23.5 Å². The van der Waals surface area contributed by atoms with E-state index in [4.69, 9.17) is 4.74 Å². The number of benzene rings is 2. The summed E-state index contributed by atoms with van der Waals surface area (Å²) in [6.07, 6.45) is 0. The van der Waals surface area contributed by atoms with Crippen LogP contribution < -0.4 is 15.4 Å². The Hall–Kier alpha value is -3.35. The third kappa shape index (κ3) is 5.87. The van der Waals surface area contributed by atoms with Crippen LogP contribution in [0, 0.1) is 6.92 Å². The van der Waals surface area contributed by atoms with Crippen LogP contribution in [-0.4, -0.2) is 50.7 Å². The Labute approximate surface area is 189 Å². The molecule has 0 atom stereocenters. The molecule has 2 amide bonds. The number of amides is 2. The molecule has 3 rings (SSSR count). The average molecular weight is 476 g/mol. The molecule has 3 N–H and O–H groups in total. The van der Waals surface area contributed by atoms with Crippen LogP contribution in [-0.2, 0) is 14.8 Å². The molecular weight excluding hydrogens is 454 g/mol. The number of sulfonamides is 1. The van der Waals surface area contributed by atoms with Crippen molar-refractivity contribution in [2.75, 3.05) is 30.3 Å². The number of aryl methyl sites for hydroxylation is 1. The molecule has 0 fully saturated rings. The zero-order valence-electron chi connectivity index (χ0n) is 17.3. The first kappa shape index (κ1) is 23.3. The van der Waals surface area contributed by atoms with Crippen LogP contribution in [0.4, 0.5) is 10.8 Å². The maximum Gasteiger partial charge on any atom is 0.291 e. The van der Waals surface area contributed by atoms with Gasteiger partial charge in [0.15, 0.2) is 0 Å². The van der Waals surface area contributed by atoms with Crippen molar-refractivity contribution in [1.82, 2.24) is 15.5 Å². The maximum atomic E-state index is 12.8. The monoisotopic (exact) mass is 475 g/mol. The number of nitrogens with one attached hydrogen (secondary N) is 3. The van der Waals surface area contributed by atoms with Gasteiger partial charge < -0.3 is 10.1 Å². The van der Waals surface area contributed by atoms with Crippen molar-refractivity contribution in [1.29, 1.82) is 0 Å². The van der Waals surface area contributed by atoms with Crippen molar-refractivity contribution in [2.24, 2.45) is 0 Å². The second-order valence-electron chi connectivity index (χ2n) is 6.59. The molecule has 12 heteroatoms. The fourth-order valence-electron chi connectivity index (χ4n) is 2.56. The highest BCUT2D eigenvalue weighted by molar-refractivity contribution is 7.94. The Morgan fingerprint density at radius 3 is 2.47 bits per heavy atom. The van der Waals surface area contributed by atoms with Gasteiger partial charge in [0.05, 0.1) is 17.9 Å². The van der Waals surface area contributed by atoms with E-state index in [-0.39, 0.29) is 27.3 Å². The van der Waals surface area contributed by atoms with E-state index >= 15 is 0 Å². The van der Waals surface area contributed by atoms with Crippen LogP contribution >= 0.6 is 11.3 Å². The largest absolute Gasteiger partial charge is 0.383 e. The van der Waals surface area contributed by atoms with E-state index in [2.05, 4.69) is 25.6 Å². The molecule has 0 aliphatic carbocycles. The minimum absolute atomic E-state index is 0.0292. The first-order valence-corrected chi connectivity index (χ1v) is 11.7. The lowest BCUT2D eigenvalue weighted by Gasteiger charge is -2.11. The number of ether oxygens (including phenoxy) is 1. The molecule has 2 aromatic carbocycles. The zero-order chi connectivity index (χ0) is 23.1. The lowest BCUT2D eigenvalue weighted by atomic mass is 10.1. The number of rotatable bonds is 9. The number of carbonyl (C=O) groups excluding carboxylic acids is 2. The van der Waals surface area contributed by atoms with Gasteiger partial charge >= 0.3 is 0 Å². The van der Waals surface area contributed by atoms with Gasteiger partial charge in [-0.1, -0.05) is 41.2 Å². The molecule has 0 aliphatic heterocycles. The molecule has 32 heavy (non-hydrogen) atoms. The Balaban J connectivity index is 1.73. The zero-order valence-corrected chi connectivity index (χ0v) is 18.9. The van der Waals surface area contributed by atoms with Crippen LogP contribution in [0.3, 0.4) is 0 Å². The lowest BCUT2D eigenvalue weighted by molar-refractivity contribution is 0.0937. The molecule has 0 radical (unpaired) electrons. The predicted octanol–water partition coefficient (Wildman–Crippen LogP) is 2.28. The molecule has 0 unspecified atom stereocenters. The topological polar surface area (TPSA) is 139 Å². The number of methoxy groups -OCH3 is 1. The van der Waals surface area contributed by atoms with E-state index in [9.17, 15) is 18.0 Å². The Kier molecular flexibility index (Phi) is 7.51. The molecule has 0 aliphatic rings. The van der Waals surface area contributed by atoms with Crippen LogP contribution in [0.1, 0.15) is 26.3 Å². The van der Waals surface area contributed by atoms with Gasteiger partial charge in [-0.25, -0.2) is 0 Å². The number of para-hydroxylation sites is 1. The van der Waals surface area contributed by atoms with Crippen molar-refractivity contribution in [3.8, 4) is 0 Å². The molecule has 0 saturated heterocycles. The molecule has 168 valence electrons. The summed E-state index contributed by atoms with van der Waals surface area (Å²) >= 11 is 0.695. The molecule has 0 saturated carbocycles. The third-order valence-corrected chi connectivity index (χ3v) is 6.75. The standard InChI is InChI=1S/C20H21N5O5S2/c1-13-7-9-14(10-8-13)17(26)22-19-23-24-20(31-19)32(28,29)25-16-6-4-3-5-15(16)18(27)21-11-12-30-2/h3-10,25H,11-12H2,1-2H3,(H,21,27)(H,22,23,26). The van der Waals surface area contributed by atoms with E-state index < -0.39 is 21.8 Å². The molecule has 1 heterocycles. The van der Waals surface area contributed by atoms with Gasteiger partial charge in [-0.3, -0.25) is 19.6 Å². The van der Waals surface area contributed by atoms with Crippen molar-refractivity contribution >= 4 is 44.0 Å². The third-order valence-electron chi connectivity index (χ3n) is 4.18. The van der Waals surface area contributed by atoms with Gasteiger partial charge in [-0.15, -0.1) is 10.2 Å². The smallest absolute Gasteiger partial charge is 0.291 e. The minimum Gasteiger partial charge on any atom is -0.383 e. The fourth-order valence-corrected chi connectivity index (χ4v) is 4.54. The minimum atomic E-state index is -4.14. The SMILES string of the molecule is COCCNC(=O)c1ccccc1NS(=O)(=O)c1nnc(NC(=O)c2ccc(C)cc2)s1. The highest BCUT2D eigenvalue weighted by Gasteiger charge is 2.23. The predicted molar refractivity (Wildman–Crippen MR) is 121 cm³/mol. The van der Waals surface area contributed by atoms with Gasteiger partial charge in [0.2, 0.25) is 5.13 Å². The number of hydrogen-bond donors (Lipinski definition) is 3. The maximum absolute atomic E-state index is 12.8. The first-order valence-electron chi connectivity index (χ1n) is 9.40. The average Bonchev–Trinajstić information content (AvgIpc) is 3.24. The lowest BCUT2D eigenvalue weighted by Crippen LogP contribution is -2.28. The van der Waals surface area contributed by atoms with Crippen LogP contribution in [0.25, 0.3) is 0 Å². The summed E-state index contributed by atoms with van der Waals surface area (Å²) < 4.78 is 32.4. The second-order valence-corrected chi connectivity index (χ2v) is 9.43. The summed E-state index contributed by atoms with van der Waals surface area (Å²) in [5, 5.41) is 12.6. The van der Waals surface area contributed by atoms with Gasteiger partial charge in [-0.05, 0) is 31.2 Å². The molecular formula is C20H21N5O5S2. The first-order chi connectivity index (χ1) is 15.3. The van der Waals surface area contributed by atoms with Crippen LogP contribution in [0.2, 0.25) is 0 Å². The van der Waals surface area contributed by atoms with Crippen LogP contribution in [0.5, 0.6) is 0 Å². The number of hydrogen-bond acceptors (Lipinski definition) is 8. The summed E-state index contributed by atoms with van der Waals surface area (Å²) in [6.45, 7) is 2.50. The number of nitrogens with zero attached hydrogens (tertiary/aromatic N) is 2. The highest BCUT2D eigenvalue weighted by atomic mass is 32.2. The second kappa shape index (κ2) is 10.3. The quantitative estimate of drug-likeness (QED) is 0.319. The van der Waals surface area contributed by atoms with Crippen molar-refractivity contribution in [3.05, 3.63) is 65.2 Å². The van der Waals surface area contributed by atoms with Gasteiger partial charge in [0, 0.05) is 19.2 Å². The van der Waals surface area contributed by atoms with Gasteiger partial charge in [-0.2, -0.15) is 8.42 Å². The van der Waals surface area contributed by atoms with E-state index in [0.717, 1.165) is 5.56 Å². The van der Waals surface area contributed by atoms with Crippen molar-refractivity contribution < 1.29 is 22.7 Å². The molecule has 1 aromatic heterocycles. The Morgan fingerprint density at radius 1 is 1.03 bits per heavy atom.